The molecule has 4 heteroatoms. The van der Waals surface area contributed by atoms with E-state index in [9.17, 15) is 0 Å². The lowest BCUT2D eigenvalue weighted by Gasteiger charge is -2.13. The average molecular weight is 454 g/mol. The van der Waals surface area contributed by atoms with E-state index in [4.69, 9.17) is 9.97 Å². The van der Waals surface area contributed by atoms with Crippen LogP contribution in [0.2, 0.25) is 0 Å². The van der Waals surface area contributed by atoms with Gasteiger partial charge in [-0.2, -0.15) is 0 Å². The normalized spacial score (nSPS) is 11.5. The van der Waals surface area contributed by atoms with E-state index >= 15 is 0 Å². The van der Waals surface area contributed by atoms with Crippen LogP contribution in [0.15, 0.2) is 115 Å². The van der Waals surface area contributed by atoms with Gasteiger partial charge in [-0.25, -0.2) is 9.97 Å². The van der Waals surface area contributed by atoms with Crippen molar-refractivity contribution in [1.82, 2.24) is 14.5 Å². The van der Waals surface area contributed by atoms with Crippen LogP contribution < -0.4 is 0 Å². The smallest absolute Gasteiger partial charge is 0.236 e. The van der Waals surface area contributed by atoms with Crippen LogP contribution in [0.5, 0.6) is 0 Å². The highest BCUT2D eigenvalue weighted by Gasteiger charge is 2.18. The molecule has 0 unspecified atom stereocenters. The number of benzene rings is 4. The summed E-state index contributed by atoms with van der Waals surface area (Å²) < 4.78 is 2.19. The van der Waals surface area contributed by atoms with Crippen LogP contribution in [0, 0.1) is 0 Å². The third-order valence-corrected chi connectivity index (χ3v) is 7.17. The maximum Gasteiger partial charge on any atom is 0.236 e. The van der Waals surface area contributed by atoms with E-state index in [0.29, 0.717) is 5.95 Å². The van der Waals surface area contributed by atoms with E-state index in [1.165, 1.54) is 21.9 Å². The molecule has 3 aromatic heterocycles. The van der Waals surface area contributed by atoms with Gasteiger partial charge in [-0.15, -0.1) is 11.3 Å². The van der Waals surface area contributed by atoms with Crippen LogP contribution >= 0.6 is 11.3 Å². The van der Waals surface area contributed by atoms with Crippen molar-refractivity contribution < 1.29 is 0 Å². The number of hydrogen-bond acceptors (Lipinski definition) is 3. The van der Waals surface area contributed by atoms with Crippen molar-refractivity contribution in [2.75, 3.05) is 0 Å². The monoisotopic (exact) mass is 453 g/mol. The molecular formula is C30H19N3S. The molecule has 0 bridgehead atoms. The molecular weight excluding hydrogens is 434 g/mol. The highest BCUT2D eigenvalue weighted by molar-refractivity contribution is 7.16. The number of rotatable bonds is 3. The van der Waals surface area contributed by atoms with Crippen LogP contribution in [0.3, 0.4) is 0 Å². The van der Waals surface area contributed by atoms with Gasteiger partial charge in [-0.05, 0) is 34.7 Å². The van der Waals surface area contributed by atoms with Gasteiger partial charge >= 0.3 is 0 Å². The zero-order valence-corrected chi connectivity index (χ0v) is 19.0. The van der Waals surface area contributed by atoms with Gasteiger partial charge in [-0.3, -0.25) is 4.57 Å². The van der Waals surface area contributed by atoms with Gasteiger partial charge in [0.2, 0.25) is 5.95 Å². The summed E-state index contributed by atoms with van der Waals surface area (Å²) in [6, 6.07) is 38.1. The largest absolute Gasteiger partial charge is 0.278 e. The van der Waals surface area contributed by atoms with E-state index < -0.39 is 0 Å². The SMILES string of the molecule is c1ccc(-c2ccccc2-c2nc(-n3c4ccccc4c4ccccc43)nc3sccc23)cc1. The van der Waals surface area contributed by atoms with Gasteiger partial charge in [-0.1, -0.05) is 91.0 Å². The van der Waals surface area contributed by atoms with Crippen LogP contribution in [0.25, 0.3) is 60.4 Å². The molecule has 0 aliphatic rings. The Morgan fingerprint density at radius 2 is 1.15 bits per heavy atom. The molecule has 0 fully saturated rings. The Balaban J connectivity index is 1.56. The zero-order valence-electron chi connectivity index (χ0n) is 18.2. The Bertz CT molecular complexity index is 1760. The van der Waals surface area contributed by atoms with Gasteiger partial charge in [0.15, 0.2) is 0 Å². The Kier molecular flexibility index (Phi) is 4.32. The maximum atomic E-state index is 5.23. The van der Waals surface area contributed by atoms with Gasteiger partial charge in [0.05, 0.1) is 16.7 Å². The molecule has 3 heterocycles. The number of nitrogens with zero attached hydrogens (tertiary/aromatic N) is 3. The Hall–Kier alpha value is -4.28. The predicted molar refractivity (Wildman–Crippen MR) is 143 cm³/mol. The minimum atomic E-state index is 0.699. The Labute approximate surface area is 200 Å². The summed E-state index contributed by atoms with van der Waals surface area (Å²) in [4.78, 5) is 11.3. The summed E-state index contributed by atoms with van der Waals surface area (Å²) >= 11 is 1.66. The maximum absolute atomic E-state index is 5.23. The Morgan fingerprint density at radius 1 is 0.529 bits per heavy atom. The second-order valence-corrected chi connectivity index (χ2v) is 9.19. The summed E-state index contributed by atoms with van der Waals surface area (Å²) in [7, 11) is 0. The van der Waals surface area contributed by atoms with Gasteiger partial charge in [0, 0.05) is 21.7 Å². The molecule has 160 valence electrons. The van der Waals surface area contributed by atoms with Crippen LogP contribution in [-0.2, 0) is 0 Å². The van der Waals surface area contributed by atoms with Crippen molar-refractivity contribution in [3.05, 3.63) is 115 Å². The van der Waals surface area contributed by atoms with Crippen molar-refractivity contribution in [1.29, 1.82) is 0 Å². The second-order valence-electron chi connectivity index (χ2n) is 8.29. The lowest BCUT2D eigenvalue weighted by Crippen LogP contribution is -2.02. The number of para-hydroxylation sites is 2. The second kappa shape index (κ2) is 7.65. The highest BCUT2D eigenvalue weighted by atomic mass is 32.1. The minimum absolute atomic E-state index is 0.699. The first-order valence-corrected chi connectivity index (χ1v) is 12.1. The fourth-order valence-corrected chi connectivity index (χ4v) is 5.61. The molecule has 0 N–H and O–H groups in total. The van der Waals surface area contributed by atoms with E-state index in [-0.39, 0.29) is 0 Å². The first-order valence-electron chi connectivity index (χ1n) is 11.3. The average Bonchev–Trinajstić information content (AvgIpc) is 3.51. The summed E-state index contributed by atoms with van der Waals surface area (Å²) in [5, 5.41) is 5.60. The molecule has 34 heavy (non-hydrogen) atoms. The van der Waals surface area contributed by atoms with Crippen LogP contribution in [0.4, 0.5) is 0 Å². The molecule has 4 aromatic carbocycles. The zero-order chi connectivity index (χ0) is 22.5. The molecule has 0 spiro atoms. The lowest BCUT2D eigenvalue weighted by molar-refractivity contribution is 1.02. The topological polar surface area (TPSA) is 30.7 Å². The minimum Gasteiger partial charge on any atom is -0.278 e. The van der Waals surface area contributed by atoms with E-state index in [2.05, 4.69) is 113 Å². The fraction of sp³-hybridized carbons (Fsp3) is 0. The summed E-state index contributed by atoms with van der Waals surface area (Å²) in [5.74, 6) is 0.699. The quantitative estimate of drug-likeness (QED) is 0.270. The Morgan fingerprint density at radius 3 is 1.88 bits per heavy atom. The van der Waals surface area contributed by atoms with Crippen molar-refractivity contribution >= 4 is 43.4 Å². The van der Waals surface area contributed by atoms with E-state index in [0.717, 1.165) is 32.5 Å². The molecule has 0 aliphatic carbocycles. The summed E-state index contributed by atoms with van der Waals surface area (Å²) in [6.45, 7) is 0. The molecule has 0 saturated carbocycles. The third-order valence-electron chi connectivity index (χ3n) is 6.36. The molecule has 0 amide bonds. The van der Waals surface area contributed by atoms with Crippen LogP contribution in [0.1, 0.15) is 0 Å². The van der Waals surface area contributed by atoms with Gasteiger partial charge in [0.25, 0.3) is 0 Å². The molecule has 0 atom stereocenters. The first-order chi connectivity index (χ1) is 16.9. The van der Waals surface area contributed by atoms with E-state index in [1.807, 2.05) is 6.07 Å². The standard InChI is InChI=1S/C30H19N3S/c1-2-10-20(11-3-1)21-12-4-5-15-24(21)28-25-18-19-34-29(25)32-30(31-28)33-26-16-8-6-13-22(26)23-14-7-9-17-27(23)33/h1-19H. The van der Waals surface area contributed by atoms with Crippen LogP contribution in [-0.4, -0.2) is 14.5 Å². The summed E-state index contributed by atoms with van der Waals surface area (Å²) in [5.41, 5.74) is 6.65. The third kappa shape index (κ3) is 2.89. The van der Waals surface area contributed by atoms with Crippen molar-refractivity contribution in [3.8, 4) is 28.3 Å². The molecule has 0 aliphatic heterocycles. The van der Waals surface area contributed by atoms with Gasteiger partial charge < -0.3 is 0 Å². The number of aromatic nitrogens is 3. The molecule has 0 saturated heterocycles. The number of fused-ring (bicyclic) bond motifs is 4. The molecule has 0 radical (unpaired) electrons. The van der Waals surface area contributed by atoms with E-state index in [1.54, 1.807) is 11.3 Å². The van der Waals surface area contributed by atoms with Gasteiger partial charge in [0.1, 0.15) is 4.83 Å². The lowest BCUT2D eigenvalue weighted by atomic mass is 9.96. The molecule has 3 nitrogen and oxygen atoms in total. The molecule has 7 rings (SSSR count). The summed E-state index contributed by atoms with van der Waals surface area (Å²) in [6.07, 6.45) is 0. The highest BCUT2D eigenvalue weighted by Crippen LogP contribution is 2.38. The fourth-order valence-electron chi connectivity index (χ4n) is 4.85. The van der Waals surface area contributed by atoms with Crippen molar-refractivity contribution in [3.63, 3.8) is 0 Å². The molecule has 7 aromatic rings. The number of thiophene rings is 1. The number of hydrogen-bond donors (Lipinski definition) is 0. The predicted octanol–water partition coefficient (Wildman–Crippen LogP) is 8.12. The van der Waals surface area contributed by atoms with Crippen molar-refractivity contribution in [2.24, 2.45) is 0 Å². The first kappa shape index (κ1) is 19.2. The van der Waals surface area contributed by atoms with Crippen molar-refractivity contribution in [2.45, 2.75) is 0 Å².